The van der Waals surface area contributed by atoms with Crippen LogP contribution in [0.25, 0.3) is 0 Å². The summed E-state index contributed by atoms with van der Waals surface area (Å²) in [6.45, 7) is 2.32. The number of nitrogens with zero attached hydrogens (tertiary/aromatic N) is 1. The van der Waals surface area contributed by atoms with Crippen molar-refractivity contribution in [3.8, 4) is 0 Å². The average Bonchev–Trinajstić information content (AvgIpc) is 3.25. The Labute approximate surface area is 177 Å². The van der Waals surface area contributed by atoms with Crippen LogP contribution in [0.15, 0.2) is 94.8 Å². The molecule has 0 amide bonds. The van der Waals surface area contributed by atoms with E-state index in [2.05, 4.69) is 4.72 Å². The van der Waals surface area contributed by atoms with Gasteiger partial charge in [-0.25, -0.2) is 13.4 Å². The summed E-state index contributed by atoms with van der Waals surface area (Å²) in [5.41, 5.74) is 3.06. The molecule has 30 heavy (non-hydrogen) atoms. The van der Waals surface area contributed by atoms with Gasteiger partial charge in [-0.2, -0.15) is 4.72 Å². The van der Waals surface area contributed by atoms with Crippen molar-refractivity contribution >= 4 is 15.9 Å². The van der Waals surface area contributed by atoms with Crippen molar-refractivity contribution in [3.05, 3.63) is 102 Å². The van der Waals surface area contributed by atoms with E-state index >= 15 is 0 Å². The van der Waals surface area contributed by atoms with E-state index in [0.717, 1.165) is 16.7 Å². The Morgan fingerprint density at radius 1 is 0.967 bits per heavy atom. The molecule has 1 aliphatic heterocycles. The number of nitrogens with one attached hydrogen (secondary N) is 1. The SMILES string of the molecule is Cc1ccc(S(=O)(=O)N[C@@H](Cc2ccccc2)C2=N[C@@H](c3ccccc3)CO2)cc1. The summed E-state index contributed by atoms with van der Waals surface area (Å²) in [5.74, 6) is 0.420. The number of benzene rings is 3. The highest BCUT2D eigenvalue weighted by molar-refractivity contribution is 7.89. The number of rotatable bonds is 7. The van der Waals surface area contributed by atoms with E-state index in [0.29, 0.717) is 18.9 Å². The topological polar surface area (TPSA) is 67.8 Å². The van der Waals surface area contributed by atoms with Gasteiger partial charge in [-0.1, -0.05) is 78.4 Å². The Morgan fingerprint density at radius 3 is 2.27 bits per heavy atom. The van der Waals surface area contributed by atoms with Crippen molar-refractivity contribution in [1.29, 1.82) is 0 Å². The lowest BCUT2D eigenvalue weighted by atomic mass is 10.1. The first-order valence-corrected chi connectivity index (χ1v) is 11.4. The molecule has 0 unspecified atom stereocenters. The standard InChI is InChI=1S/C24H24N2O3S/c1-18-12-14-21(15-13-18)30(27,28)26-22(16-19-8-4-2-5-9-19)24-25-23(17-29-24)20-10-6-3-7-11-20/h2-15,22-23,26H,16-17H2,1H3/t22-,23+/m0/s1. The number of ether oxygens (including phenoxy) is 1. The van der Waals surface area contributed by atoms with Crippen molar-refractivity contribution < 1.29 is 13.2 Å². The molecule has 1 heterocycles. The van der Waals surface area contributed by atoms with Crippen LogP contribution in [-0.2, 0) is 21.2 Å². The molecule has 0 aliphatic carbocycles. The molecule has 2 atom stereocenters. The minimum Gasteiger partial charge on any atom is -0.477 e. The quantitative estimate of drug-likeness (QED) is 0.627. The van der Waals surface area contributed by atoms with E-state index in [4.69, 9.17) is 9.73 Å². The molecule has 0 radical (unpaired) electrons. The number of hydrogen-bond acceptors (Lipinski definition) is 4. The van der Waals surface area contributed by atoms with Gasteiger partial charge in [-0.3, -0.25) is 0 Å². The van der Waals surface area contributed by atoms with Crippen molar-refractivity contribution in [2.45, 2.75) is 30.3 Å². The highest BCUT2D eigenvalue weighted by atomic mass is 32.2. The van der Waals surface area contributed by atoms with Crippen LogP contribution >= 0.6 is 0 Å². The van der Waals surface area contributed by atoms with Crippen LogP contribution in [0.1, 0.15) is 22.7 Å². The minimum absolute atomic E-state index is 0.136. The molecule has 0 saturated carbocycles. The van der Waals surface area contributed by atoms with Gasteiger partial charge in [0.1, 0.15) is 18.7 Å². The fourth-order valence-corrected chi connectivity index (χ4v) is 4.62. The molecule has 1 aliphatic rings. The fraction of sp³-hybridized carbons (Fsp3) is 0.208. The molecule has 1 N–H and O–H groups in total. The summed E-state index contributed by atoms with van der Waals surface area (Å²) >= 11 is 0. The molecule has 3 aromatic rings. The van der Waals surface area contributed by atoms with E-state index in [9.17, 15) is 8.42 Å². The maximum absolute atomic E-state index is 13.0. The van der Waals surface area contributed by atoms with E-state index in [1.54, 1.807) is 24.3 Å². The largest absolute Gasteiger partial charge is 0.477 e. The van der Waals surface area contributed by atoms with Gasteiger partial charge in [0.2, 0.25) is 15.9 Å². The summed E-state index contributed by atoms with van der Waals surface area (Å²) in [5, 5.41) is 0. The highest BCUT2D eigenvalue weighted by Gasteiger charge is 2.30. The van der Waals surface area contributed by atoms with Gasteiger partial charge in [0.15, 0.2) is 0 Å². The van der Waals surface area contributed by atoms with Crippen molar-refractivity contribution in [2.24, 2.45) is 4.99 Å². The summed E-state index contributed by atoms with van der Waals surface area (Å²) in [7, 11) is -3.73. The molecule has 3 aromatic carbocycles. The molecular formula is C24H24N2O3S. The minimum atomic E-state index is -3.73. The Balaban J connectivity index is 1.62. The first-order valence-electron chi connectivity index (χ1n) is 9.89. The summed E-state index contributed by atoms with van der Waals surface area (Å²) in [4.78, 5) is 4.94. The molecule has 0 aromatic heterocycles. The van der Waals surface area contributed by atoms with Crippen LogP contribution in [0, 0.1) is 6.92 Å². The van der Waals surface area contributed by atoms with Gasteiger partial charge >= 0.3 is 0 Å². The Bertz CT molecular complexity index is 1110. The van der Waals surface area contributed by atoms with Crippen LogP contribution in [0.4, 0.5) is 0 Å². The number of sulfonamides is 1. The molecule has 5 nitrogen and oxygen atoms in total. The fourth-order valence-electron chi connectivity index (χ4n) is 3.43. The van der Waals surface area contributed by atoms with E-state index < -0.39 is 16.1 Å². The number of hydrogen-bond donors (Lipinski definition) is 1. The van der Waals surface area contributed by atoms with E-state index in [1.165, 1.54) is 0 Å². The second-order valence-corrected chi connectivity index (χ2v) is 9.10. The smallest absolute Gasteiger partial charge is 0.241 e. The number of aryl methyl sites for hydroxylation is 1. The molecule has 154 valence electrons. The number of aliphatic imine (C=N–C) groups is 1. The first-order chi connectivity index (χ1) is 14.5. The van der Waals surface area contributed by atoms with Gasteiger partial charge in [-0.15, -0.1) is 0 Å². The summed E-state index contributed by atoms with van der Waals surface area (Å²) in [6.07, 6.45) is 0.451. The summed E-state index contributed by atoms with van der Waals surface area (Å²) in [6, 6.07) is 25.7. The average molecular weight is 421 g/mol. The third-order valence-electron chi connectivity index (χ3n) is 5.07. The monoisotopic (exact) mass is 420 g/mol. The van der Waals surface area contributed by atoms with Gasteiger partial charge in [0.25, 0.3) is 0 Å². The van der Waals surface area contributed by atoms with Crippen molar-refractivity contribution in [3.63, 3.8) is 0 Å². The molecule has 0 fully saturated rings. The summed E-state index contributed by atoms with van der Waals surface area (Å²) < 4.78 is 34.7. The zero-order valence-corrected chi connectivity index (χ0v) is 17.5. The van der Waals surface area contributed by atoms with Gasteiger partial charge in [0.05, 0.1) is 4.90 Å². The van der Waals surface area contributed by atoms with Gasteiger partial charge < -0.3 is 4.74 Å². The lowest BCUT2D eigenvalue weighted by Crippen LogP contribution is -2.42. The lowest BCUT2D eigenvalue weighted by Gasteiger charge is -2.18. The van der Waals surface area contributed by atoms with Gasteiger partial charge in [-0.05, 0) is 36.6 Å². The molecule has 4 rings (SSSR count). The maximum Gasteiger partial charge on any atom is 0.241 e. The van der Waals surface area contributed by atoms with E-state index in [-0.39, 0.29) is 10.9 Å². The maximum atomic E-state index is 13.0. The van der Waals surface area contributed by atoms with Crippen LogP contribution in [0.5, 0.6) is 0 Å². The predicted octanol–water partition coefficient (Wildman–Crippen LogP) is 4.05. The second-order valence-electron chi connectivity index (χ2n) is 7.38. The zero-order valence-electron chi connectivity index (χ0n) is 16.7. The first kappa shape index (κ1) is 20.3. The Morgan fingerprint density at radius 2 is 1.60 bits per heavy atom. The van der Waals surface area contributed by atoms with Gasteiger partial charge in [0, 0.05) is 0 Å². The zero-order chi connectivity index (χ0) is 21.0. The Kier molecular flexibility index (Phi) is 5.97. The van der Waals surface area contributed by atoms with E-state index in [1.807, 2.05) is 67.6 Å². The highest BCUT2D eigenvalue weighted by Crippen LogP contribution is 2.25. The van der Waals surface area contributed by atoms with Crippen molar-refractivity contribution in [2.75, 3.05) is 6.61 Å². The third kappa shape index (κ3) is 4.78. The van der Waals surface area contributed by atoms with Crippen molar-refractivity contribution in [1.82, 2.24) is 4.72 Å². The lowest BCUT2D eigenvalue weighted by molar-refractivity contribution is 0.305. The third-order valence-corrected chi connectivity index (χ3v) is 6.55. The van der Waals surface area contributed by atoms with Crippen LogP contribution in [0.2, 0.25) is 0 Å². The molecular weight excluding hydrogens is 396 g/mol. The molecule has 6 heteroatoms. The second kappa shape index (κ2) is 8.81. The van der Waals surface area contributed by atoms with Crippen LogP contribution in [0.3, 0.4) is 0 Å². The molecule has 0 saturated heterocycles. The normalized spacial score (nSPS) is 17.2. The Hall–Kier alpha value is -2.96. The van der Waals surface area contributed by atoms with Crippen LogP contribution in [-0.4, -0.2) is 27.0 Å². The predicted molar refractivity (Wildman–Crippen MR) is 118 cm³/mol. The molecule has 0 bridgehead atoms. The molecule has 0 spiro atoms. The van der Waals surface area contributed by atoms with Crippen LogP contribution < -0.4 is 4.72 Å².